The quantitative estimate of drug-likeness (QED) is 0.203. The molecule has 0 rings (SSSR count). The van der Waals surface area contributed by atoms with E-state index in [0.717, 1.165) is 0 Å². The van der Waals surface area contributed by atoms with Crippen LogP contribution in [-0.2, 0) is 18.6 Å². The van der Waals surface area contributed by atoms with Crippen LogP contribution in [0, 0.1) is 0 Å². The third-order valence-corrected chi connectivity index (χ3v) is 1.59. The molecule has 1 unspecified atom stereocenters. The topological polar surface area (TPSA) is 98.7 Å². The van der Waals surface area contributed by atoms with E-state index in [4.69, 9.17) is 0 Å². The van der Waals surface area contributed by atoms with Crippen molar-refractivity contribution in [3.05, 3.63) is 12.2 Å². The van der Waals surface area contributed by atoms with Crippen molar-refractivity contribution < 1.29 is 66.1 Å². The summed E-state index contributed by atoms with van der Waals surface area (Å²) >= 11 is 0. The summed E-state index contributed by atoms with van der Waals surface area (Å²) in [4.78, 5) is 31.0. The van der Waals surface area contributed by atoms with Gasteiger partial charge in [-0.3, -0.25) is 0 Å². The molecule has 0 spiro atoms. The fraction of sp³-hybridized carbons (Fsp3) is 0.571. The van der Waals surface area contributed by atoms with Crippen LogP contribution in [0.25, 0.3) is 0 Å². The van der Waals surface area contributed by atoms with Gasteiger partial charge in [0, 0.05) is 5.57 Å². The van der Waals surface area contributed by atoms with Crippen molar-refractivity contribution in [1.82, 2.24) is 0 Å². The number of phosphoric ester groups is 1. The molecule has 9 heteroatoms. The summed E-state index contributed by atoms with van der Waals surface area (Å²) in [6.45, 7) is 5.69. The van der Waals surface area contributed by atoms with E-state index in [9.17, 15) is 19.1 Å². The van der Waals surface area contributed by atoms with E-state index in [1.807, 2.05) is 0 Å². The van der Waals surface area contributed by atoms with Gasteiger partial charge in [-0.2, -0.15) is 0 Å². The fourth-order valence-electron chi connectivity index (χ4n) is 0.514. The average Bonchev–Trinajstić information content (AvgIpc) is 1.99. The molecule has 0 aliphatic carbocycles. The van der Waals surface area contributed by atoms with Crippen LogP contribution in [0.5, 0.6) is 0 Å². The Hall–Kier alpha value is 0.515. The summed E-state index contributed by atoms with van der Waals surface area (Å²) in [5.74, 6) is -0.660. The Balaban J connectivity index is -0.000000845. The third kappa shape index (κ3) is 12.6. The summed E-state index contributed by atoms with van der Waals surface area (Å²) < 4.78 is 18.6. The van der Waals surface area contributed by atoms with Crippen LogP contribution in [0.2, 0.25) is 0 Å². The van der Waals surface area contributed by atoms with Crippen LogP contribution in [0.1, 0.15) is 13.8 Å². The van der Waals surface area contributed by atoms with Crippen LogP contribution in [0.15, 0.2) is 12.2 Å². The molecule has 0 saturated heterocycles. The van der Waals surface area contributed by atoms with Crippen molar-refractivity contribution >= 4 is 13.8 Å². The monoisotopic (exact) mass is 236 g/mol. The van der Waals surface area contributed by atoms with Crippen molar-refractivity contribution in [2.45, 2.75) is 20.0 Å². The standard InChI is InChI=1S/C7H13O6P.2Li/c1-5(2)7(8)13-6(3)4-12-14(9,10)11;;/h6H,1,4H2,2-3H3,(H2,9,10,11);;/q;2*+1/p-2. The van der Waals surface area contributed by atoms with Crippen molar-refractivity contribution in [1.29, 1.82) is 0 Å². The van der Waals surface area contributed by atoms with Crippen molar-refractivity contribution in [2.24, 2.45) is 0 Å². The number of carbonyl (C=O) groups is 1. The molecule has 0 aromatic carbocycles. The molecule has 0 bridgehead atoms. The molecule has 0 aliphatic heterocycles. The van der Waals surface area contributed by atoms with E-state index in [0.29, 0.717) is 0 Å². The van der Waals surface area contributed by atoms with Crippen molar-refractivity contribution in [3.63, 3.8) is 0 Å². The number of esters is 1. The van der Waals surface area contributed by atoms with Crippen LogP contribution < -0.4 is 47.5 Å². The molecule has 0 heterocycles. The molecule has 0 saturated carbocycles. The molecule has 82 valence electrons. The van der Waals surface area contributed by atoms with Crippen LogP contribution in [0.3, 0.4) is 0 Å². The molecule has 0 aromatic heterocycles. The molecule has 0 aliphatic rings. The molecule has 0 aromatic rings. The number of hydrogen-bond acceptors (Lipinski definition) is 6. The van der Waals surface area contributed by atoms with E-state index in [1.54, 1.807) is 0 Å². The van der Waals surface area contributed by atoms with Gasteiger partial charge in [-0.25, -0.2) is 4.79 Å². The zero-order chi connectivity index (χ0) is 11.4. The predicted octanol–water partition coefficient (Wildman–Crippen LogP) is -6.65. The number of phosphoric acid groups is 1. The van der Waals surface area contributed by atoms with E-state index in [2.05, 4.69) is 15.8 Å². The van der Waals surface area contributed by atoms with Gasteiger partial charge >= 0.3 is 43.7 Å². The second-order valence-electron chi connectivity index (χ2n) is 2.74. The SMILES string of the molecule is C=C(C)C(=O)OC(C)COP(=O)([O-])[O-].[Li+].[Li+]. The first-order valence-electron chi connectivity index (χ1n) is 3.75. The number of ether oxygens (including phenoxy) is 1. The molecule has 0 N–H and O–H groups in total. The van der Waals surface area contributed by atoms with Crippen LogP contribution >= 0.6 is 7.82 Å². The van der Waals surface area contributed by atoms with Gasteiger partial charge in [0.2, 0.25) is 0 Å². The van der Waals surface area contributed by atoms with Crippen molar-refractivity contribution in [3.8, 4) is 0 Å². The first kappa shape index (κ1) is 21.8. The normalized spacial score (nSPS) is 11.8. The van der Waals surface area contributed by atoms with Crippen LogP contribution in [-0.4, -0.2) is 18.7 Å². The Labute approximate surface area is 118 Å². The summed E-state index contributed by atoms with van der Waals surface area (Å²) in [5.41, 5.74) is 0.185. The molecule has 16 heavy (non-hydrogen) atoms. The van der Waals surface area contributed by atoms with Crippen molar-refractivity contribution in [2.75, 3.05) is 6.61 Å². The van der Waals surface area contributed by atoms with Gasteiger partial charge in [0.1, 0.15) is 6.10 Å². The Morgan fingerprint density at radius 1 is 1.44 bits per heavy atom. The Kier molecular flexibility index (Phi) is 13.0. The zero-order valence-corrected chi connectivity index (χ0v) is 10.8. The largest absolute Gasteiger partial charge is 1.00 e. The molecule has 0 amide bonds. The smallest absolute Gasteiger partial charge is 0.790 e. The minimum atomic E-state index is -5.00. The maximum absolute atomic E-state index is 10.9. The van der Waals surface area contributed by atoms with E-state index in [1.165, 1.54) is 13.8 Å². The van der Waals surface area contributed by atoms with Gasteiger partial charge in [-0.05, 0) is 13.8 Å². The first-order valence-corrected chi connectivity index (χ1v) is 5.21. The maximum atomic E-state index is 10.9. The van der Waals surface area contributed by atoms with Gasteiger partial charge in [0.25, 0.3) is 0 Å². The van der Waals surface area contributed by atoms with Gasteiger partial charge in [-0.15, -0.1) is 0 Å². The zero-order valence-electron chi connectivity index (χ0n) is 9.89. The Morgan fingerprint density at radius 3 is 2.19 bits per heavy atom. The Morgan fingerprint density at radius 2 is 1.88 bits per heavy atom. The van der Waals surface area contributed by atoms with E-state index < -0.39 is 26.5 Å². The minimum Gasteiger partial charge on any atom is -0.790 e. The first-order chi connectivity index (χ1) is 6.22. The van der Waals surface area contributed by atoms with Gasteiger partial charge in [0.15, 0.2) is 0 Å². The number of rotatable bonds is 5. The Bertz CT molecular complexity index is 276. The summed E-state index contributed by atoms with van der Waals surface area (Å²) in [6.07, 6.45) is -0.810. The number of hydrogen-bond donors (Lipinski definition) is 0. The molecular formula is C7H11Li2O6P. The second kappa shape index (κ2) is 9.54. The fourth-order valence-corrected chi connectivity index (χ4v) is 0.906. The van der Waals surface area contributed by atoms with Gasteiger partial charge < -0.3 is 23.6 Å². The molecule has 0 radical (unpaired) electrons. The van der Waals surface area contributed by atoms with Gasteiger partial charge in [0.05, 0.1) is 14.4 Å². The summed E-state index contributed by atoms with van der Waals surface area (Å²) in [7, 11) is -5.00. The summed E-state index contributed by atoms with van der Waals surface area (Å²) in [6, 6.07) is 0. The van der Waals surface area contributed by atoms with E-state index >= 15 is 0 Å². The minimum absolute atomic E-state index is 0. The second-order valence-corrected chi connectivity index (χ2v) is 3.89. The van der Waals surface area contributed by atoms with Gasteiger partial charge in [-0.1, -0.05) is 6.58 Å². The molecule has 1 atom stereocenters. The number of carbonyl (C=O) groups excluding carboxylic acids is 1. The molecule has 0 fully saturated rings. The molecular weight excluding hydrogens is 225 g/mol. The summed E-state index contributed by atoms with van der Waals surface area (Å²) in [5, 5.41) is 0. The van der Waals surface area contributed by atoms with E-state index in [-0.39, 0.29) is 43.3 Å². The third-order valence-electron chi connectivity index (χ3n) is 1.12. The predicted molar refractivity (Wildman–Crippen MR) is 43.9 cm³/mol. The maximum Gasteiger partial charge on any atom is 1.00 e. The van der Waals surface area contributed by atoms with Crippen LogP contribution in [0.4, 0.5) is 0 Å². The molecule has 6 nitrogen and oxygen atoms in total. The average molecular weight is 236 g/mol.